The summed E-state index contributed by atoms with van der Waals surface area (Å²) in [6.07, 6.45) is 14.6. The number of esters is 1. The summed E-state index contributed by atoms with van der Waals surface area (Å²) in [5.41, 5.74) is 0. The van der Waals surface area contributed by atoms with E-state index in [-0.39, 0.29) is 18.7 Å². The average Bonchev–Trinajstić information content (AvgIpc) is 2.67. The van der Waals surface area contributed by atoms with Gasteiger partial charge < -0.3 is 9.47 Å². The molecule has 4 heteroatoms. The summed E-state index contributed by atoms with van der Waals surface area (Å²) in [4.78, 5) is 11.6. The largest absolute Gasteiger partial charge is 0.467 e. The Morgan fingerprint density at radius 1 is 0.963 bits per heavy atom. The van der Waals surface area contributed by atoms with Crippen molar-refractivity contribution in [2.75, 3.05) is 13.7 Å². The van der Waals surface area contributed by atoms with Gasteiger partial charge in [0.05, 0.1) is 19.3 Å². The molecule has 0 heterocycles. The Morgan fingerprint density at radius 3 is 2.30 bits per heavy atom. The highest BCUT2D eigenvalue weighted by molar-refractivity contribution is 5.70. The lowest BCUT2D eigenvalue weighted by molar-refractivity contribution is -0.149. The van der Waals surface area contributed by atoms with Crippen molar-refractivity contribution >= 4 is 5.97 Å². The normalized spacial score (nSPS) is 14.3. The van der Waals surface area contributed by atoms with E-state index in [9.17, 15) is 4.79 Å². The lowest BCUT2D eigenvalue weighted by Crippen LogP contribution is -2.29. The van der Waals surface area contributed by atoms with Crippen LogP contribution in [0.4, 0.5) is 0 Å². The SMILES string of the molecule is CCCCCC(OCC(=O)OC)C(CCCCCC#N)CC(C)CCCC. The van der Waals surface area contributed by atoms with Crippen molar-refractivity contribution in [3.05, 3.63) is 0 Å². The van der Waals surface area contributed by atoms with Crippen molar-refractivity contribution in [1.82, 2.24) is 0 Å². The number of rotatable bonds is 18. The zero-order valence-corrected chi connectivity index (χ0v) is 18.3. The Kier molecular flexibility index (Phi) is 17.6. The molecule has 0 aromatic heterocycles. The first kappa shape index (κ1) is 25.9. The van der Waals surface area contributed by atoms with Gasteiger partial charge in [-0.3, -0.25) is 0 Å². The number of nitriles is 1. The van der Waals surface area contributed by atoms with E-state index in [1.807, 2.05) is 0 Å². The van der Waals surface area contributed by atoms with E-state index in [4.69, 9.17) is 14.7 Å². The quantitative estimate of drug-likeness (QED) is 0.203. The molecule has 0 amide bonds. The van der Waals surface area contributed by atoms with E-state index >= 15 is 0 Å². The molecule has 0 spiro atoms. The summed E-state index contributed by atoms with van der Waals surface area (Å²) in [6, 6.07) is 2.23. The zero-order chi connectivity index (χ0) is 20.3. The van der Waals surface area contributed by atoms with Crippen LogP contribution in [0.2, 0.25) is 0 Å². The standard InChI is InChI=1S/C23H43NO3/c1-5-7-11-16-22(27-19-23(25)26-4)21(15-12-9-10-13-17-24)18-20(3)14-8-6-2/h20-22H,5-16,18-19H2,1-4H3. The van der Waals surface area contributed by atoms with Gasteiger partial charge in [0.1, 0.15) is 6.61 Å². The molecular formula is C23H43NO3. The topological polar surface area (TPSA) is 59.3 Å². The molecule has 0 radical (unpaired) electrons. The number of carbonyl (C=O) groups excluding carboxylic acids is 1. The van der Waals surface area contributed by atoms with E-state index in [0.29, 0.717) is 18.3 Å². The van der Waals surface area contributed by atoms with Gasteiger partial charge in [-0.2, -0.15) is 5.26 Å². The minimum Gasteiger partial charge on any atom is -0.467 e. The van der Waals surface area contributed by atoms with Gasteiger partial charge in [0.25, 0.3) is 0 Å². The van der Waals surface area contributed by atoms with E-state index in [1.165, 1.54) is 39.2 Å². The third-order valence-corrected chi connectivity index (χ3v) is 5.38. The first-order valence-corrected chi connectivity index (χ1v) is 11.1. The minimum atomic E-state index is -0.290. The lowest BCUT2D eigenvalue weighted by Gasteiger charge is -2.29. The molecule has 4 nitrogen and oxygen atoms in total. The van der Waals surface area contributed by atoms with Crippen LogP contribution in [0, 0.1) is 23.2 Å². The molecule has 0 aromatic rings. The Morgan fingerprint density at radius 2 is 1.67 bits per heavy atom. The van der Waals surface area contributed by atoms with Crippen LogP contribution in [0.15, 0.2) is 0 Å². The lowest BCUT2D eigenvalue weighted by atomic mass is 9.83. The van der Waals surface area contributed by atoms with E-state index < -0.39 is 0 Å². The average molecular weight is 382 g/mol. The van der Waals surface area contributed by atoms with Crippen LogP contribution in [0.25, 0.3) is 0 Å². The molecule has 0 bridgehead atoms. The Hall–Kier alpha value is -1.08. The van der Waals surface area contributed by atoms with Crippen molar-refractivity contribution in [2.24, 2.45) is 11.8 Å². The summed E-state index contributed by atoms with van der Waals surface area (Å²) in [7, 11) is 1.41. The molecule has 0 rings (SSSR count). The molecule has 0 aliphatic rings. The summed E-state index contributed by atoms with van der Waals surface area (Å²) in [5.74, 6) is 0.882. The number of ether oxygens (including phenoxy) is 2. The number of nitrogens with zero attached hydrogens (tertiary/aromatic N) is 1. The Bertz CT molecular complexity index is 392. The number of unbranched alkanes of at least 4 members (excludes halogenated alkanes) is 6. The van der Waals surface area contributed by atoms with Crippen LogP contribution in [0.5, 0.6) is 0 Å². The van der Waals surface area contributed by atoms with Gasteiger partial charge in [0.2, 0.25) is 0 Å². The zero-order valence-electron chi connectivity index (χ0n) is 18.3. The van der Waals surface area contributed by atoms with Crippen LogP contribution in [-0.2, 0) is 14.3 Å². The maximum absolute atomic E-state index is 11.6. The molecule has 27 heavy (non-hydrogen) atoms. The van der Waals surface area contributed by atoms with Gasteiger partial charge in [0, 0.05) is 6.42 Å². The smallest absolute Gasteiger partial charge is 0.331 e. The summed E-state index contributed by atoms with van der Waals surface area (Å²) in [6.45, 7) is 6.86. The maximum Gasteiger partial charge on any atom is 0.331 e. The first-order chi connectivity index (χ1) is 13.1. The maximum atomic E-state index is 11.6. The molecule has 158 valence electrons. The predicted octanol–water partition coefficient (Wildman–Crippen LogP) is 6.43. The molecule has 3 unspecified atom stereocenters. The molecule has 0 aromatic carbocycles. The van der Waals surface area contributed by atoms with E-state index in [0.717, 1.165) is 44.9 Å². The molecule has 0 saturated carbocycles. The van der Waals surface area contributed by atoms with Gasteiger partial charge in [-0.1, -0.05) is 72.1 Å². The molecule has 0 N–H and O–H groups in total. The van der Waals surface area contributed by atoms with Crippen molar-refractivity contribution in [3.63, 3.8) is 0 Å². The number of methoxy groups -OCH3 is 1. The monoisotopic (exact) mass is 381 g/mol. The van der Waals surface area contributed by atoms with Crippen LogP contribution < -0.4 is 0 Å². The molecule has 0 fully saturated rings. The summed E-state index contributed by atoms with van der Waals surface area (Å²) >= 11 is 0. The van der Waals surface area contributed by atoms with Crippen LogP contribution in [-0.4, -0.2) is 25.8 Å². The number of hydrogen-bond acceptors (Lipinski definition) is 4. The highest BCUT2D eigenvalue weighted by atomic mass is 16.6. The van der Waals surface area contributed by atoms with Crippen molar-refractivity contribution < 1.29 is 14.3 Å². The minimum absolute atomic E-state index is 0.0571. The number of carbonyl (C=O) groups is 1. The fourth-order valence-corrected chi connectivity index (χ4v) is 3.71. The highest BCUT2D eigenvalue weighted by Crippen LogP contribution is 2.29. The third-order valence-electron chi connectivity index (χ3n) is 5.38. The highest BCUT2D eigenvalue weighted by Gasteiger charge is 2.24. The first-order valence-electron chi connectivity index (χ1n) is 11.1. The number of hydrogen-bond donors (Lipinski definition) is 0. The molecular weight excluding hydrogens is 338 g/mol. The summed E-state index contributed by atoms with van der Waals surface area (Å²) in [5, 5.41) is 8.72. The Labute approximate surface area is 168 Å². The Balaban J connectivity index is 4.84. The fraction of sp³-hybridized carbons (Fsp3) is 0.913. The van der Waals surface area contributed by atoms with E-state index in [2.05, 4.69) is 26.8 Å². The van der Waals surface area contributed by atoms with E-state index in [1.54, 1.807) is 0 Å². The summed E-state index contributed by atoms with van der Waals surface area (Å²) < 4.78 is 10.8. The second-order valence-electron chi connectivity index (χ2n) is 7.92. The van der Waals surface area contributed by atoms with Crippen molar-refractivity contribution in [1.29, 1.82) is 5.26 Å². The van der Waals surface area contributed by atoms with Crippen molar-refractivity contribution in [3.8, 4) is 6.07 Å². The second-order valence-corrected chi connectivity index (χ2v) is 7.92. The fourth-order valence-electron chi connectivity index (χ4n) is 3.71. The van der Waals surface area contributed by atoms with Crippen molar-refractivity contribution in [2.45, 2.75) is 110 Å². The molecule has 0 saturated heterocycles. The van der Waals surface area contributed by atoms with Gasteiger partial charge in [0.15, 0.2) is 0 Å². The predicted molar refractivity (Wildman–Crippen MR) is 111 cm³/mol. The van der Waals surface area contributed by atoms with Gasteiger partial charge in [-0.05, 0) is 37.5 Å². The molecule has 3 atom stereocenters. The van der Waals surface area contributed by atoms with Gasteiger partial charge >= 0.3 is 5.97 Å². The van der Waals surface area contributed by atoms with Crippen LogP contribution >= 0.6 is 0 Å². The van der Waals surface area contributed by atoms with Crippen LogP contribution in [0.3, 0.4) is 0 Å². The molecule has 0 aliphatic heterocycles. The molecule has 0 aliphatic carbocycles. The van der Waals surface area contributed by atoms with Gasteiger partial charge in [-0.25, -0.2) is 4.79 Å². The van der Waals surface area contributed by atoms with Crippen LogP contribution in [0.1, 0.15) is 104 Å². The third kappa shape index (κ3) is 14.6. The van der Waals surface area contributed by atoms with Gasteiger partial charge in [-0.15, -0.1) is 0 Å². The second kappa shape index (κ2) is 18.3.